The topological polar surface area (TPSA) is 74.1 Å². The van der Waals surface area contributed by atoms with Crippen molar-refractivity contribution in [1.29, 1.82) is 0 Å². The second kappa shape index (κ2) is 7.14. The molecule has 3 rings (SSSR count). The Morgan fingerprint density at radius 2 is 2.30 bits per heavy atom. The van der Waals surface area contributed by atoms with Gasteiger partial charge in [0, 0.05) is 44.8 Å². The van der Waals surface area contributed by atoms with E-state index in [1.807, 2.05) is 36.5 Å². The lowest BCUT2D eigenvalue weighted by molar-refractivity contribution is 0.108. The lowest BCUT2D eigenvalue weighted by Crippen LogP contribution is -2.34. The first-order chi connectivity index (χ1) is 11.2. The zero-order chi connectivity index (χ0) is 16.2. The molecule has 2 aromatic rings. The molecule has 0 radical (unpaired) electrons. The number of aryl methyl sites for hydroxylation is 2. The lowest BCUT2D eigenvalue weighted by Gasteiger charge is -2.24. The average molecular weight is 318 g/mol. The fourth-order valence-electron chi connectivity index (χ4n) is 3.36. The summed E-state index contributed by atoms with van der Waals surface area (Å²) in [6.07, 6.45) is 9.28. The Hall–Kier alpha value is -1.86. The molecular formula is C16H26N6O. The van der Waals surface area contributed by atoms with Crippen LogP contribution in [0.2, 0.25) is 0 Å². The van der Waals surface area contributed by atoms with Gasteiger partial charge in [-0.25, -0.2) is 4.98 Å². The third kappa shape index (κ3) is 3.92. The number of nitrogens with two attached hydrogens (primary N) is 1. The third-order valence-corrected chi connectivity index (χ3v) is 4.68. The molecule has 0 unspecified atom stereocenters. The highest BCUT2D eigenvalue weighted by Crippen LogP contribution is 2.22. The molecule has 126 valence electrons. The number of ether oxygens (including phenoxy) is 1. The predicted molar refractivity (Wildman–Crippen MR) is 88.9 cm³/mol. The van der Waals surface area contributed by atoms with Gasteiger partial charge in [-0.1, -0.05) is 0 Å². The van der Waals surface area contributed by atoms with Crippen molar-refractivity contribution in [3.8, 4) is 0 Å². The van der Waals surface area contributed by atoms with Crippen LogP contribution in [0, 0.1) is 0 Å². The van der Waals surface area contributed by atoms with E-state index in [-0.39, 0.29) is 0 Å². The summed E-state index contributed by atoms with van der Waals surface area (Å²) in [7, 11) is 3.84. The van der Waals surface area contributed by atoms with Crippen molar-refractivity contribution >= 4 is 5.82 Å². The summed E-state index contributed by atoms with van der Waals surface area (Å²) in [5.74, 6) is 0.578. The largest absolute Gasteiger partial charge is 0.382 e. The SMILES string of the molecule is CO[C@@H]1C[C@@H](Cn2ccc(N)n2)N(CCCc2cncn2C)C1. The average Bonchev–Trinajstić information content (AvgIpc) is 3.22. The van der Waals surface area contributed by atoms with Crippen LogP contribution in [0.15, 0.2) is 24.8 Å². The van der Waals surface area contributed by atoms with Gasteiger partial charge in [-0.2, -0.15) is 5.10 Å². The highest BCUT2D eigenvalue weighted by molar-refractivity contribution is 5.23. The molecule has 1 saturated heterocycles. The fourth-order valence-corrected chi connectivity index (χ4v) is 3.36. The van der Waals surface area contributed by atoms with Gasteiger partial charge in [0.05, 0.1) is 19.0 Å². The maximum absolute atomic E-state index is 5.71. The number of hydrogen-bond acceptors (Lipinski definition) is 5. The Morgan fingerprint density at radius 1 is 1.43 bits per heavy atom. The molecular weight excluding hydrogens is 292 g/mol. The maximum atomic E-state index is 5.71. The van der Waals surface area contributed by atoms with E-state index in [1.54, 1.807) is 7.11 Å². The molecule has 0 saturated carbocycles. The number of anilines is 1. The van der Waals surface area contributed by atoms with Crippen LogP contribution in [-0.4, -0.2) is 56.6 Å². The van der Waals surface area contributed by atoms with Gasteiger partial charge in [-0.05, 0) is 31.9 Å². The van der Waals surface area contributed by atoms with Gasteiger partial charge < -0.3 is 15.0 Å². The molecule has 3 heterocycles. The van der Waals surface area contributed by atoms with Crippen molar-refractivity contribution in [1.82, 2.24) is 24.2 Å². The third-order valence-electron chi connectivity index (χ3n) is 4.68. The Bertz CT molecular complexity index is 622. The van der Waals surface area contributed by atoms with Crippen molar-refractivity contribution in [2.45, 2.75) is 38.0 Å². The van der Waals surface area contributed by atoms with E-state index in [9.17, 15) is 0 Å². The van der Waals surface area contributed by atoms with Gasteiger partial charge in [0.2, 0.25) is 0 Å². The zero-order valence-corrected chi connectivity index (χ0v) is 13.9. The first kappa shape index (κ1) is 16.0. The van der Waals surface area contributed by atoms with Crippen LogP contribution >= 0.6 is 0 Å². The van der Waals surface area contributed by atoms with E-state index < -0.39 is 0 Å². The van der Waals surface area contributed by atoms with Gasteiger partial charge in [0.15, 0.2) is 0 Å². The number of hydrogen-bond donors (Lipinski definition) is 1. The summed E-state index contributed by atoms with van der Waals surface area (Å²) < 4.78 is 9.60. The van der Waals surface area contributed by atoms with Crippen LogP contribution in [0.1, 0.15) is 18.5 Å². The number of methoxy groups -OCH3 is 1. The number of aromatic nitrogens is 4. The number of nitrogen functional groups attached to an aromatic ring is 1. The van der Waals surface area contributed by atoms with Gasteiger partial charge in [0.25, 0.3) is 0 Å². The first-order valence-corrected chi connectivity index (χ1v) is 8.16. The Kier molecular flexibility index (Phi) is 4.97. The summed E-state index contributed by atoms with van der Waals surface area (Å²) >= 11 is 0. The van der Waals surface area contributed by atoms with Crippen molar-refractivity contribution < 1.29 is 4.74 Å². The van der Waals surface area contributed by atoms with Gasteiger partial charge in [-0.3, -0.25) is 9.58 Å². The van der Waals surface area contributed by atoms with E-state index in [0.29, 0.717) is 18.0 Å². The monoisotopic (exact) mass is 318 g/mol. The highest BCUT2D eigenvalue weighted by atomic mass is 16.5. The van der Waals surface area contributed by atoms with Crippen LogP contribution in [0.3, 0.4) is 0 Å². The second-order valence-corrected chi connectivity index (χ2v) is 6.30. The summed E-state index contributed by atoms with van der Waals surface area (Å²) in [5, 5.41) is 4.31. The van der Waals surface area contributed by atoms with Crippen molar-refractivity contribution in [3.63, 3.8) is 0 Å². The van der Waals surface area contributed by atoms with E-state index in [1.165, 1.54) is 5.69 Å². The normalized spacial score (nSPS) is 22.0. The minimum Gasteiger partial charge on any atom is -0.382 e. The molecule has 7 nitrogen and oxygen atoms in total. The van der Waals surface area contributed by atoms with Crippen LogP contribution < -0.4 is 5.73 Å². The molecule has 23 heavy (non-hydrogen) atoms. The Balaban J connectivity index is 1.55. The quantitative estimate of drug-likeness (QED) is 0.822. The molecule has 2 N–H and O–H groups in total. The van der Waals surface area contributed by atoms with E-state index in [2.05, 4.69) is 19.5 Å². The van der Waals surface area contributed by atoms with Crippen LogP contribution in [0.5, 0.6) is 0 Å². The Morgan fingerprint density at radius 3 is 2.96 bits per heavy atom. The van der Waals surface area contributed by atoms with E-state index in [4.69, 9.17) is 10.5 Å². The predicted octanol–water partition coefficient (Wildman–Crippen LogP) is 0.921. The minimum absolute atomic E-state index is 0.310. The summed E-state index contributed by atoms with van der Waals surface area (Å²) in [6.45, 7) is 2.92. The molecule has 2 aromatic heterocycles. The van der Waals surface area contributed by atoms with Crippen molar-refractivity contribution in [3.05, 3.63) is 30.5 Å². The molecule has 0 spiro atoms. The fraction of sp³-hybridized carbons (Fsp3) is 0.625. The van der Waals surface area contributed by atoms with Gasteiger partial charge >= 0.3 is 0 Å². The van der Waals surface area contributed by atoms with Crippen molar-refractivity contribution in [2.24, 2.45) is 7.05 Å². The molecule has 7 heteroatoms. The number of rotatable bonds is 7. The highest BCUT2D eigenvalue weighted by Gasteiger charge is 2.32. The number of likely N-dealkylation sites (tertiary alicyclic amines) is 1. The van der Waals surface area contributed by atoms with Crippen molar-refractivity contribution in [2.75, 3.05) is 25.9 Å². The minimum atomic E-state index is 0.310. The van der Waals surface area contributed by atoms with Gasteiger partial charge in [-0.15, -0.1) is 0 Å². The van der Waals surface area contributed by atoms with Crippen LogP contribution in [0.25, 0.3) is 0 Å². The number of nitrogens with zero attached hydrogens (tertiary/aromatic N) is 5. The first-order valence-electron chi connectivity index (χ1n) is 8.16. The molecule has 0 aliphatic carbocycles. The summed E-state index contributed by atoms with van der Waals surface area (Å²) in [6, 6.07) is 2.29. The zero-order valence-electron chi connectivity index (χ0n) is 13.9. The molecule has 1 aliphatic rings. The second-order valence-electron chi connectivity index (χ2n) is 6.30. The molecule has 0 amide bonds. The summed E-state index contributed by atoms with van der Waals surface area (Å²) in [5.41, 5.74) is 6.99. The number of imidazole rings is 1. The maximum Gasteiger partial charge on any atom is 0.145 e. The van der Waals surface area contributed by atoms with Crippen LogP contribution in [-0.2, 0) is 24.8 Å². The Labute approximate surface area is 137 Å². The summed E-state index contributed by atoms with van der Waals surface area (Å²) in [4.78, 5) is 6.69. The smallest absolute Gasteiger partial charge is 0.145 e. The molecule has 0 aromatic carbocycles. The lowest BCUT2D eigenvalue weighted by atomic mass is 10.2. The molecule has 0 bridgehead atoms. The van der Waals surface area contributed by atoms with Gasteiger partial charge in [0.1, 0.15) is 5.82 Å². The van der Waals surface area contributed by atoms with E-state index >= 15 is 0 Å². The molecule has 1 aliphatic heterocycles. The standard InChI is InChI=1S/C16H26N6O/c1-20-12-18-9-13(20)4-3-6-21-11-15(23-2)8-14(21)10-22-7-5-16(17)19-22/h5,7,9,12,14-15H,3-4,6,8,10-11H2,1-2H3,(H2,17,19)/t14-,15+/m0/s1. The van der Waals surface area contributed by atoms with E-state index in [0.717, 1.165) is 38.9 Å². The molecule has 2 atom stereocenters. The van der Waals surface area contributed by atoms with Crippen LogP contribution in [0.4, 0.5) is 5.82 Å². The molecule has 1 fully saturated rings.